The van der Waals surface area contributed by atoms with E-state index < -0.39 is 0 Å². The lowest BCUT2D eigenvalue weighted by atomic mass is 10.1. The van der Waals surface area contributed by atoms with Crippen LogP contribution in [0.1, 0.15) is 5.56 Å². The Morgan fingerprint density at radius 1 is 1.16 bits per heavy atom. The molecule has 2 aromatic heterocycles. The number of allylic oxidation sites excluding steroid dienone is 3. The summed E-state index contributed by atoms with van der Waals surface area (Å²) in [5.74, 6) is -0.167. The monoisotopic (exact) mass is 331 g/mol. The Labute approximate surface area is 145 Å². The molecule has 2 aliphatic heterocycles. The van der Waals surface area contributed by atoms with Crippen molar-refractivity contribution < 1.29 is 4.79 Å². The predicted molar refractivity (Wildman–Crippen MR) is 94.9 cm³/mol. The number of fused-ring (bicyclic) bond motifs is 1. The number of hydrogen-bond donors (Lipinski definition) is 2. The number of nitrogens with one attached hydrogen (secondary N) is 2. The Hall–Kier alpha value is -3.41. The highest BCUT2D eigenvalue weighted by Crippen LogP contribution is 2.27. The van der Waals surface area contributed by atoms with Gasteiger partial charge in [0.15, 0.2) is 0 Å². The van der Waals surface area contributed by atoms with Crippen molar-refractivity contribution in [1.29, 1.82) is 0 Å². The molecule has 2 aliphatic rings. The highest BCUT2D eigenvalue weighted by Gasteiger charge is 2.32. The van der Waals surface area contributed by atoms with Gasteiger partial charge >= 0.3 is 0 Å². The van der Waals surface area contributed by atoms with Crippen molar-refractivity contribution in [2.24, 2.45) is 0 Å². The summed E-state index contributed by atoms with van der Waals surface area (Å²) in [5.41, 5.74) is 3.25. The van der Waals surface area contributed by atoms with Gasteiger partial charge < -0.3 is 15.5 Å². The van der Waals surface area contributed by atoms with E-state index in [1.165, 1.54) is 0 Å². The van der Waals surface area contributed by atoms with Gasteiger partial charge in [0.25, 0.3) is 5.91 Å². The van der Waals surface area contributed by atoms with E-state index in [0.717, 1.165) is 17.7 Å². The van der Waals surface area contributed by atoms with E-state index in [-0.39, 0.29) is 12.1 Å². The van der Waals surface area contributed by atoms with Gasteiger partial charge in [-0.25, -0.2) is 0 Å². The van der Waals surface area contributed by atoms with Gasteiger partial charge in [0, 0.05) is 43.1 Å². The molecule has 0 aliphatic carbocycles. The average Bonchev–Trinajstić information content (AvgIpc) is 3.02. The summed E-state index contributed by atoms with van der Waals surface area (Å²) in [6.45, 7) is 0. The third-order valence-electron chi connectivity index (χ3n) is 4.11. The molecule has 0 saturated heterocycles. The third kappa shape index (κ3) is 3.14. The number of pyridine rings is 2. The van der Waals surface area contributed by atoms with Crippen LogP contribution in [0.3, 0.4) is 0 Å². The lowest BCUT2D eigenvalue weighted by Crippen LogP contribution is -2.37. The summed E-state index contributed by atoms with van der Waals surface area (Å²) in [6, 6.07) is 7.48. The fourth-order valence-corrected chi connectivity index (χ4v) is 2.95. The summed E-state index contributed by atoms with van der Waals surface area (Å²) in [7, 11) is 0. The van der Waals surface area contributed by atoms with E-state index in [2.05, 4.69) is 25.5 Å². The van der Waals surface area contributed by atoms with Crippen LogP contribution in [-0.4, -0.2) is 26.9 Å². The fourth-order valence-electron chi connectivity index (χ4n) is 2.95. The minimum absolute atomic E-state index is 0.0291. The van der Waals surface area contributed by atoms with Crippen molar-refractivity contribution >= 4 is 11.6 Å². The molecule has 2 aromatic rings. The van der Waals surface area contributed by atoms with E-state index in [0.29, 0.717) is 11.4 Å². The molecule has 0 radical (unpaired) electrons. The molecular weight excluding hydrogens is 314 g/mol. The quantitative estimate of drug-likeness (QED) is 0.899. The Balaban J connectivity index is 1.56. The van der Waals surface area contributed by atoms with Crippen LogP contribution in [0.15, 0.2) is 84.9 Å². The van der Waals surface area contributed by atoms with Crippen molar-refractivity contribution in [2.75, 3.05) is 5.32 Å². The molecule has 0 aromatic carbocycles. The van der Waals surface area contributed by atoms with Crippen molar-refractivity contribution in [1.82, 2.24) is 20.2 Å². The Morgan fingerprint density at radius 2 is 2.04 bits per heavy atom. The normalized spacial score (nSPS) is 18.1. The first-order valence-corrected chi connectivity index (χ1v) is 8.05. The lowest BCUT2D eigenvalue weighted by molar-refractivity contribution is -0.113. The first kappa shape index (κ1) is 15.1. The molecule has 4 rings (SSSR count). The zero-order chi connectivity index (χ0) is 17.1. The number of carbonyl (C=O) groups is 1. The van der Waals surface area contributed by atoms with Gasteiger partial charge in [0.2, 0.25) is 0 Å². The van der Waals surface area contributed by atoms with E-state index in [1.807, 2.05) is 42.8 Å². The third-order valence-corrected chi connectivity index (χ3v) is 4.11. The molecule has 4 heterocycles. The van der Waals surface area contributed by atoms with Crippen molar-refractivity contribution in [3.05, 3.63) is 90.4 Å². The highest BCUT2D eigenvalue weighted by molar-refractivity contribution is 6.04. The van der Waals surface area contributed by atoms with Gasteiger partial charge in [-0.05, 0) is 35.9 Å². The number of carbonyl (C=O) groups excluding carboxylic acids is 1. The lowest BCUT2D eigenvalue weighted by Gasteiger charge is -2.25. The Kier molecular flexibility index (Phi) is 4.00. The molecule has 6 nitrogen and oxygen atoms in total. The largest absolute Gasteiger partial charge is 0.358 e. The maximum Gasteiger partial charge on any atom is 0.273 e. The fraction of sp³-hybridized carbons (Fsp3) is 0.105. The number of aromatic nitrogens is 2. The molecule has 1 unspecified atom stereocenters. The van der Waals surface area contributed by atoms with E-state index in [9.17, 15) is 4.79 Å². The van der Waals surface area contributed by atoms with Crippen LogP contribution < -0.4 is 10.6 Å². The topological polar surface area (TPSA) is 70.2 Å². The second-order valence-electron chi connectivity index (χ2n) is 5.78. The van der Waals surface area contributed by atoms with Gasteiger partial charge in [-0.15, -0.1) is 0 Å². The zero-order valence-electron chi connectivity index (χ0n) is 13.5. The smallest absolute Gasteiger partial charge is 0.273 e. The van der Waals surface area contributed by atoms with Gasteiger partial charge in [-0.3, -0.25) is 14.8 Å². The minimum Gasteiger partial charge on any atom is -0.358 e. The minimum atomic E-state index is -0.167. The summed E-state index contributed by atoms with van der Waals surface area (Å²) in [6.07, 6.45) is 15.4. The Morgan fingerprint density at radius 3 is 2.84 bits per heavy atom. The van der Waals surface area contributed by atoms with Crippen LogP contribution in [0.4, 0.5) is 5.69 Å². The van der Waals surface area contributed by atoms with Crippen molar-refractivity contribution in [3.8, 4) is 0 Å². The summed E-state index contributed by atoms with van der Waals surface area (Å²) < 4.78 is 0. The van der Waals surface area contributed by atoms with Crippen LogP contribution >= 0.6 is 0 Å². The maximum absolute atomic E-state index is 12.7. The summed E-state index contributed by atoms with van der Waals surface area (Å²) >= 11 is 0. The average molecular weight is 331 g/mol. The molecule has 0 saturated carbocycles. The first-order chi connectivity index (χ1) is 12.3. The molecule has 6 heteroatoms. The second-order valence-corrected chi connectivity index (χ2v) is 5.78. The van der Waals surface area contributed by atoms with Crippen molar-refractivity contribution in [2.45, 2.75) is 12.6 Å². The number of rotatable bonds is 4. The van der Waals surface area contributed by atoms with E-state index >= 15 is 0 Å². The van der Waals surface area contributed by atoms with E-state index in [1.54, 1.807) is 30.7 Å². The molecular formula is C19H17N5O. The van der Waals surface area contributed by atoms with Crippen molar-refractivity contribution in [3.63, 3.8) is 0 Å². The summed E-state index contributed by atoms with van der Waals surface area (Å²) in [5, 5.41) is 6.25. The van der Waals surface area contributed by atoms with Crippen LogP contribution in [0.5, 0.6) is 0 Å². The Bertz CT molecular complexity index is 858. The van der Waals surface area contributed by atoms with Gasteiger partial charge in [-0.1, -0.05) is 12.1 Å². The second kappa shape index (κ2) is 6.60. The van der Waals surface area contributed by atoms with Gasteiger partial charge in [-0.2, -0.15) is 0 Å². The molecule has 0 fully saturated rings. The van der Waals surface area contributed by atoms with Gasteiger partial charge in [0.1, 0.15) is 11.9 Å². The number of amides is 1. The number of anilines is 1. The van der Waals surface area contributed by atoms with E-state index in [4.69, 9.17) is 0 Å². The number of hydrogen-bond acceptors (Lipinski definition) is 5. The van der Waals surface area contributed by atoms with Crippen LogP contribution in [0.25, 0.3) is 0 Å². The molecule has 124 valence electrons. The molecule has 1 amide bonds. The molecule has 0 bridgehead atoms. The first-order valence-electron chi connectivity index (χ1n) is 8.05. The predicted octanol–water partition coefficient (Wildman–Crippen LogP) is 2.18. The van der Waals surface area contributed by atoms with Crippen LogP contribution in [0, 0.1) is 0 Å². The molecule has 25 heavy (non-hydrogen) atoms. The molecule has 0 spiro atoms. The van der Waals surface area contributed by atoms with Gasteiger partial charge in [0.05, 0.1) is 5.70 Å². The molecule has 1 atom stereocenters. The highest BCUT2D eigenvalue weighted by atomic mass is 16.2. The molecule has 2 N–H and O–H groups in total. The standard InChI is InChI=1S/C19H17N5O/c25-19(22-15-6-9-20-10-7-15)18-16-5-1-2-11-24(16)17(23-18)12-14-4-3-8-21-13-14/h1-11,13,17,23H,12H2,(H,20,22,25). The zero-order valence-corrected chi connectivity index (χ0v) is 13.5. The summed E-state index contributed by atoms with van der Waals surface area (Å²) in [4.78, 5) is 22.9. The van der Waals surface area contributed by atoms with Crippen LogP contribution in [-0.2, 0) is 11.2 Å². The van der Waals surface area contributed by atoms with Crippen LogP contribution in [0.2, 0.25) is 0 Å². The maximum atomic E-state index is 12.7. The number of nitrogens with zero attached hydrogens (tertiary/aromatic N) is 3. The SMILES string of the molecule is O=C(Nc1ccncc1)C1=C2C=CC=CN2C(Cc2cccnc2)N1.